The predicted molar refractivity (Wildman–Crippen MR) is 72.4 cm³/mol. The molecule has 0 saturated heterocycles. The molecule has 1 nitrogen and oxygen atoms in total. The minimum atomic E-state index is -4.66. The van der Waals surface area contributed by atoms with Crippen molar-refractivity contribution in [1.82, 2.24) is 4.98 Å². The largest absolute Gasteiger partial charge is 0.434 e. The predicted octanol–water partition coefficient (Wildman–Crippen LogP) is 5.39. The van der Waals surface area contributed by atoms with Crippen LogP contribution in [0.15, 0.2) is 36.5 Å². The summed E-state index contributed by atoms with van der Waals surface area (Å²) in [4.78, 5) is 3.25. The number of halogens is 7. The van der Waals surface area contributed by atoms with Gasteiger partial charge in [-0.1, -0.05) is 12.1 Å². The van der Waals surface area contributed by atoms with Crippen molar-refractivity contribution < 1.29 is 26.3 Å². The van der Waals surface area contributed by atoms with E-state index in [-0.39, 0.29) is 14.7 Å². The number of alkyl halides is 6. The van der Waals surface area contributed by atoms with E-state index in [1.807, 2.05) is 0 Å². The van der Waals surface area contributed by atoms with Crippen molar-refractivity contribution in [3.8, 4) is 11.1 Å². The third-order valence-electron chi connectivity index (χ3n) is 2.66. The molecule has 21 heavy (non-hydrogen) atoms. The summed E-state index contributed by atoms with van der Waals surface area (Å²) in [6.07, 6.45) is -8.28. The molecule has 0 aliphatic carbocycles. The van der Waals surface area contributed by atoms with Gasteiger partial charge in [-0.2, -0.15) is 26.3 Å². The molecule has 0 unspecified atom stereocenters. The van der Waals surface area contributed by atoms with E-state index in [1.165, 1.54) is 34.7 Å². The van der Waals surface area contributed by atoms with E-state index < -0.39 is 23.6 Å². The van der Waals surface area contributed by atoms with Crippen LogP contribution in [-0.2, 0) is 12.4 Å². The van der Waals surface area contributed by atoms with E-state index in [0.29, 0.717) is 0 Å². The Kier molecular flexibility index (Phi) is 4.18. The first-order valence-electron chi connectivity index (χ1n) is 5.50. The molecule has 0 aliphatic rings. The molecule has 0 amide bonds. The molecule has 0 bridgehead atoms. The summed E-state index contributed by atoms with van der Waals surface area (Å²) >= 11 is 1.44. The minimum absolute atomic E-state index is 0.0575. The summed E-state index contributed by atoms with van der Waals surface area (Å²) in [6.45, 7) is 0. The zero-order chi connectivity index (χ0) is 15.8. The molecule has 0 radical (unpaired) electrons. The second-order valence-corrected chi connectivity index (χ2v) is 5.18. The number of hydrogen-bond acceptors (Lipinski definition) is 1. The van der Waals surface area contributed by atoms with Gasteiger partial charge in [-0.25, -0.2) is 0 Å². The first-order chi connectivity index (χ1) is 9.60. The van der Waals surface area contributed by atoms with Crippen LogP contribution in [-0.4, -0.2) is 4.98 Å². The third-order valence-corrected chi connectivity index (χ3v) is 3.75. The van der Waals surface area contributed by atoms with Crippen molar-refractivity contribution in [3.63, 3.8) is 0 Å². The van der Waals surface area contributed by atoms with Crippen molar-refractivity contribution >= 4 is 22.6 Å². The molecular weight excluding hydrogens is 411 g/mol. The SMILES string of the molecule is FC(F)(F)c1cccc(-c2ccnc(C(F)(F)F)c2I)c1. The van der Waals surface area contributed by atoms with Crippen molar-refractivity contribution in [2.24, 2.45) is 0 Å². The van der Waals surface area contributed by atoms with Crippen LogP contribution in [0.3, 0.4) is 0 Å². The van der Waals surface area contributed by atoms with Crippen molar-refractivity contribution in [2.75, 3.05) is 0 Å². The molecule has 1 aromatic carbocycles. The van der Waals surface area contributed by atoms with E-state index in [1.54, 1.807) is 0 Å². The molecule has 0 fully saturated rings. The summed E-state index contributed by atoms with van der Waals surface area (Å²) in [7, 11) is 0. The van der Waals surface area contributed by atoms with Gasteiger partial charge in [0.1, 0.15) is 0 Å². The fraction of sp³-hybridized carbons (Fsp3) is 0.154. The maximum atomic E-state index is 12.8. The van der Waals surface area contributed by atoms with Gasteiger partial charge in [-0.3, -0.25) is 4.98 Å². The van der Waals surface area contributed by atoms with Gasteiger partial charge in [0.05, 0.1) is 9.13 Å². The lowest BCUT2D eigenvalue weighted by Crippen LogP contribution is -2.11. The van der Waals surface area contributed by atoms with Gasteiger partial charge in [-0.05, 0) is 51.9 Å². The average molecular weight is 417 g/mol. The van der Waals surface area contributed by atoms with E-state index in [0.717, 1.165) is 24.4 Å². The van der Waals surface area contributed by atoms with E-state index in [9.17, 15) is 26.3 Å². The Morgan fingerprint density at radius 3 is 2.14 bits per heavy atom. The fourth-order valence-corrected chi connectivity index (χ4v) is 2.66. The molecule has 1 aromatic heterocycles. The maximum Gasteiger partial charge on any atom is 0.434 e. The van der Waals surface area contributed by atoms with Crippen molar-refractivity contribution in [3.05, 3.63) is 51.4 Å². The lowest BCUT2D eigenvalue weighted by molar-refractivity contribution is -0.142. The fourth-order valence-electron chi connectivity index (χ4n) is 1.73. The standard InChI is InChI=1S/C13H6F6IN/c14-12(15,16)8-3-1-2-7(6-8)9-4-5-21-11(10(9)20)13(17,18)19/h1-6H. The van der Waals surface area contributed by atoms with Crippen LogP contribution < -0.4 is 0 Å². The maximum absolute atomic E-state index is 12.8. The highest BCUT2D eigenvalue weighted by Crippen LogP contribution is 2.37. The smallest absolute Gasteiger partial charge is 0.251 e. The Balaban J connectivity index is 2.58. The highest BCUT2D eigenvalue weighted by atomic mass is 127. The number of pyridine rings is 1. The molecule has 0 N–H and O–H groups in total. The first kappa shape index (κ1) is 16.1. The summed E-state index contributed by atoms with van der Waals surface area (Å²) < 4.78 is 76.0. The number of benzene rings is 1. The third kappa shape index (κ3) is 3.47. The van der Waals surface area contributed by atoms with Crippen LogP contribution in [0.1, 0.15) is 11.3 Å². The average Bonchev–Trinajstić information content (AvgIpc) is 2.37. The Bertz CT molecular complexity index is 662. The number of hydrogen-bond donors (Lipinski definition) is 0. The van der Waals surface area contributed by atoms with Crippen LogP contribution in [0.2, 0.25) is 0 Å². The second-order valence-electron chi connectivity index (χ2n) is 4.10. The van der Waals surface area contributed by atoms with E-state index in [2.05, 4.69) is 4.98 Å². The molecule has 0 saturated carbocycles. The first-order valence-corrected chi connectivity index (χ1v) is 6.58. The number of nitrogens with zero attached hydrogens (tertiary/aromatic N) is 1. The lowest BCUT2D eigenvalue weighted by atomic mass is 10.0. The normalized spacial score (nSPS) is 12.5. The number of rotatable bonds is 1. The summed E-state index contributed by atoms with van der Waals surface area (Å²) in [5.41, 5.74) is -1.91. The molecular formula is C13H6F6IN. The van der Waals surface area contributed by atoms with E-state index in [4.69, 9.17) is 0 Å². The highest BCUT2D eigenvalue weighted by molar-refractivity contribution is 14.1. The Morgan fingerprint density at radius 1 is 0.905 bits per heavy atom. The lowest BCUT2D eigenvalue weighted by Gasteiger charge is -2.13. The van der Waals surface area contributed by atoms with Crippen molar-refractivity contribution in [1.29, 1.82) is 0 Å². The van der Waals surface area contributed by atoms with Crippen LogP contribution in [0.4, 0.5) is 26.3 Å². The molecule has 0 atom stereocenters. The molecule has 8 heteroatoms. The Hall–Kier alpha value is -1.32. The Morgan fingerprint density at radius 2 is 1.57 bits per heavy atom. The summed E-state index contributed by atoms with van der Waals surface area (Å²) in [5, 5.41) is 0. The van der Waals surface area contributed by atoms with Gasteiger partial charge in [0, 0.05) is 6.20 Å². The monoisotopic (exact) mass is 417 g/mol. The summed E-state index contributed by atoms with van der Waals surface area (Å²) in [5.74, 6) is 0. The van der Waals surface area contributed by atoms with Gasteiger partial charge in [-0.15, -0.1) is 0 Å². The number of aromatic nitrogens is 1. The molecule has 112 valence electrons. The zero-order valence-electron chi connectivity index (χ0n) is 10.1. The van der Waals surface area contributed by atoms with Crippen LogP contribution in [0, 0.1) is 3.57 Å². The second kappa shape index (κ2) is 5.47. The zero-order valence-corrected chi connectivity index (χ0v) is 12.2. The van der Waals surface area contributed by atoms with Gasteiger partial charge in [0.2, 0.25) is 0 Å². The van der Waals surface area contributed by atoms with Crippen LogP contribution in [0.25, 0.3) is 11.1 Å². The Labute approximate surface area is 129 Å². The summed E-state index contributed by atoms with van der Waals surface area (Å²) in [6, 6.07) is 5.42. The minimum Gasteiger partial charge on any atom is -0.251 e. The van der Waals surface area contributed by atoms with Gasteiger partial charge < -0.3 is 0 Å². The van der Waals surface area contributed by atoms with E-state index >= 15 is 0 Å². The molecule has 2 rings (SSSR count). The quantitative estimate of drug-likeness (QED) is 0.448. The van der Waals surface area contributed by atoms with Crippen LogP contribution in [0.5, 0.6) is 0 Å². The van der Waals surface area contributed by atoms with Gasteiger partial charge in [0.15, 0.2) is 5.69 Å². The molecule has 0 spiro atoms. The van der Waals surface area contributed by atoms with Crippen LogP contribution >= 0.6 is 22.6 Å². The molecule has 0 aliphatic heterocycles. The molecule has 1 heterocycles. The highest BCUT2D eigenvalue weighted by Gasteiger charge is 2.36. The van der Waals surface area contributed by atoms with Gasteiger partial charge >= 0.3 is 12.4 Å². The topological polar surface area (TPSA) is 12.9 Å². The van der Waals surface area contributed by atoms with Crippen molar-refractivity contribution in [2.45, 2.75) is 12.4 Å². The van der Waals surface area contributed by atoms with Gasteiger partial charge in [0.25, 0.3) is 0 Å². The molecule has 2 aromatic rings.